The number of pyridine rings is 1. The van der Waals surface area contributed by atoms with Crippen molar-refractivity contribution in [2.45, 2.75) is 19.4 Å². The van der Waals surface area contributed by atoms with E-state index < -0.39 is 0 Å². The van der Waals surface area contributed by atoms with Gasteiger partial charge in [-0.15, -0.1) is 0 Å². The van der Waals surface area contributed by atoms with Crippen LogP contribution in [0, 0.1) is 6.92 Å². The highest BCUT2D eigenvalue weighted by Crippen LogP contribution is 2.25. The Labute approximate surface area is 122 Å². The van der Waals surface area contributed by atoms with Crippen molar-refractivity contribution in [2.24, 2.45) is 5.84 Å². The molecule has 1 aromatic carbocycles. The minimum atomic E-state index is -0.146. The molecule has 0 fully saturated rings. The summed E-state index contributed by atoms with van der Waals surface area (Å²) in [5, 5.41) is 1.03. The number of nitrogens with one attached hydrogen (secondary N) is 1. The second-order valence-corrected chi connectivity index (χ2v) is 5.27. The van der Waals surface area contributed by atoms with Gasteiger partial charge in [-0.05, 0) is 25.0 Å². The molecular formula is C14H15Cl2N3. The van der Waals surface area contributed by atoms with Crippen LogP contribution in [0.5, 0.6) is 0 Å². The molecule has 3 N–H and O–H groups in total. The topological polar surface area (TPSA) is 50.9 Å². The molecule has 0 amide bonds. The molecule has 0 aliphatic carbocycles. The van der Waals surface area contributed by atoms with Crippen molar-refractivity contribution in [1.82, 2.24) is 10.4 Å². The fourth-order valence-electron chi connectivity index (χ4n) is 1.88. The van der Waals surface area contributed by atoms with E-state index in [4.69, 9.17) is 29.0 Å². The van der Waals surface area contributed by atoms with Crippen molar-refractivity contribution in [3.63, 3.8) is 0 Å². The van der Waals surface area contributed by atoms with Crippen LogP contribution in [0.4, 0.5) is 0 Å². The molecule has 1 heterocycles. The molecule has 0 spiro atoms. The average Bonchev–Trinajstić information content (AvgIpc) is 2.39. The third-order valence-electron chi connectivity index (χ3n) is 2.93. The number of nitrogens with zero attached hydrogens (tertiary/aromatic N) is 1. The largest absolute Gasteiger partial charge is 0.271 e. The third-order valence-corrected chi connectivity index (χ3v) is 3.44. The van der Waals surface area contributed by atoms with Crippen molar-refractivity contribution in [1.29, 1.82) is 0 Å². The standard InChI is InChI=1S/C14H15Cl2N3/c1-9-2-4-10(5-3-9)6-13(19-17)14-12(16)7-11(15)8-18-14/h2-5,7-8,13,19H,6,17H2,1H3. The Morgan fingerprint density at radius 3 is 2.53 bits per heavy atom. The summed E-state index contributed by atoms with van der Waals surface area (Å²) in [7, 11) is 0. The molecule has 0 aliphatic rings. The fourth-order valence-corrected chi connectivity index (χ4v) is 2.39. The first-order valence-electron chi connectivity index (χ1n) is 5.92. The lowest BCUT2D eigenvalue weighted by molar-refractivity contribution is 0.538. The van der Waals surface area contributed by atoms with Gasteiger partial charge in [0.1, 0.15) is 0 Å². The van der Waals surface area contributed by atoms with Crippen LogP contribution in [-0.2, 0) is 6.42 Å². The highest BCUT2D eigenvalue weighted by atomic mass is 35.5. The Morgan fingerprint density at radius 2 is 1.95 bits per heavy atom. The summed E-state index contributed by atoms with van der Waals surface area (Å²) in [5.74, 6) is 5.61. The van der Waals surface area contributed by atoms with E-state index in [1.807, 2.05) is 0 Å². The lowest BCUT2D eigenvalue weighted by Gasteiger charge is -2.17. The lowest BCUT2D eigenvalue weighted by atomic mass is 10.0. The molecule has 1 unspecified atom stereocenters. The monoisotopic (exact) mass is 295 g/mol. The SMILES string of the molecule is Cc1ccc(CC(NN)c2ncc(Cl)cc2Cl)cc1. The first-order valence-corrected chi connectivity index (χ1v) is 6.68. The van der Waals surface area contributed by atoms with E-state index in [1.165, 1.54) is 11.1 Å². The van der Waals surface area contributed by atoms with E-state index in [9.17, 15) is 0 Å². The molecule has 5 heteroatoms. The summed E-state index contributed by atoms with van der Waals surface area (Å²) >= 11 is 12.0. The normalized spacial score (nSPS) is 12.4. The molecule has 0 saturated heterocycles. The van der Waals surface area contributed by atoms with E-state index in [0.29, 0.717) is 22.2 Å². The van der Waals surface area contributed by atoms with Gasteiger partial charge in [0.2, 0.25) is 0 Å². The summed E-state index contributed by atoms with van der Waals surface area (Å²) in [5.41, 5.74) is 5.85. The summed E-state index contributed by atoms with van der Waals surface area (Å²) in [6, 6.07) is 9.81. The number of halogens is 2. The molecule has 2 aromatic rings. The van der Waals surface area contributed by atoms with Crippen molar-refractivity contribution < 1.29 is 0 Å². The Hall–Kier alpha value is -1.13. The van der Waals surface area contributed by atoms with E-state index >= 15 is 0 Å². The molecule has 19 heavy (non-hydrogen) atoms. The highest BCUT2D eigenvalue weighted by Gasteiger charge is 2.15. The number of hydrogen-bond donors (Lipinski definition) is 2. The van der Waals surface area contributed by atoms with E-state index in [-0.39, 0.29) is 6.04 Å². The molecular weight excluding hydrogens is 281 g/mol. The zero-order valence-electron chi connectivity index (χ0n) is 10.5. The van der Waals surface area contributed by atoms with E-state index in [2.05, 4.69) is 41.6 Å². The number of aryl methyl sites for hydroxylation is 1. The van der Waals surface area contributed by atoms with Crippen LogP contribution in [-0.4, -0.2) is 4.98 Å². The predicted molar refractivity (Wildman–Crippen MR) is 79.2 cm³/mol. The molecule has 0 aliphatic heterocycles. The molecule has 1 atom stereocenters. The minimum Gasteiger partial charge on any atom is -0.271 e. The zero-order chi connectivity index (χ0) is 13.8. The first kappa shape index (κ1) is 14.3. The summed E-state index contributed by atoms with van der Waals surface area (Å²) in [6.07, 6.45) is 2.29. The molecule has 0 saturated carbocycles. The molecule has 100 valence electrons. The van der Waals surface area contributed by atoms with Gasteiger partial charge >= 0.3 is 0 Å². The van der Waals surface area contributed by atoms with Crippen LogP contribution in [0.3, 0.4) is 0 Å². The number of hydrazine groups is 1. The number of hydrogen-bond acceptors (Lipinski definition) is 3. The van der Waals surface area contributed by atoms with Crippen LogP contribution >= 0.6 is 23.2 Å². The van der Waals surface area contributed by atoms with Gasteiger partial charge in [-0.25, -0.2) is 0 Å². The van der Waals surface area contributed by atoms with Gasteiger partial charge < -0.3 is 0 Å². The second kappa shape index (κ2) is 6.35. The van der Waals surface area contributed by atoms with Gasteiger partial charge in [0.25, 0.3) is 0 Å². The maximum Gasteiger partial charge on any atom is 0.0777 e. The second-order valence-electron chi connectivity index (χ2n) is 4.43. The van der Waals surface area contributed by atoms with Crippen LogP contribution in [0.25, 0.3) is 0 Å². The summed E-state index contributed by atoms with van der Waals surface area (Å²) < 4.78 is 0. The van der Waals surface area contributed by atoms with Crippen molar-refractivity contribution in [2.75, 3.05) is 0 Å². The fraction of sp³-hybridized carbons (Fsp3) is 0.214. The smallest absolute Gasteiger partial charge is 0.0777 e. The molecule has 1 aromatic heterocycles. The van der Waals surface area contributed by atoms with Crippen molar-refractivity contribution in [3.05, 3.63) is 63.4 Å². The summed E-state index contributed by atoms with van der Waals surface area (Å²) in [6.45, 7) is 2.06. The summed E-state index contributed by atoms with van der Waals surface area (Å²) in [4.78, 5) is 4.26. The third kappa shape index (κ3) is 3.67. The Bertz CT molecular complexity index is 555. The maximum absolute atomic E-state index is 6.15. The quantitative estimate of drug-likeness (QED) is 0.671. The Morgan fingerprint density at radius 1 is 1.26 bits per heavy atom. The predicted octanol–water partition coefficient (Wildman–Crippen LogP) is 3.44. The van der Waals surface area contributed by atoms with Crippen LogP contribution in [0.2, 0.25) is 10.0 Å². The number of nitrogens with two attached hydrogens (primary N) is 1. The molecule has 0 radical (unpaired) electrons. The average molecular weight is 296 g/mol. The van der Waals surface area contributed by atoms with Crippen LogP contribution < -0.4 is 11.3 Å². The lowest BCUT2D eigenvalue weighted by Crippen LogP contribution is -2.30. The van der Waals surface area contributed by atoms with Crippen molar-refractivity contribution in [3.8, 4) is 0 Å². The maximum atomic E-state index is 6.15. The van der Waals surface area contributed by atoms with Gasteiger partial charge in [0.05, 0.1) is 21.8 Å². The zero-order valence-corrected chi connectivity index (χ0v) is 12.0. The van der Waals surface area contributed by atoms with Crippen molar-refractivity contribution >= 4 is 23.2 Å². The van der Waals surface area contributed by atoms with Gasteiger partial charge in [-0.1, -0.05) is 53.0 Å². The van der Waals surface area contributed by atoms with Crippen LogP contribution in [0.1, 0.15) is 22.9 Å². The van der Waals surface area contributed by atoms with Crippen LogP contribution in [0.15, 0.2) is 36.5 Å². The van der Waals surface area contributed by atoms with Gasteiger partial charge in [0, 0.05) is 6.20 Å². The minimum absolute atomic E-state index is 0.146. The number of aromatic nitrogens is 1. The van der Waals surface area contributed by atoms with E-state index in [0.717, 1.165) is 0 Å². The molecule has 2 rings (SSSR count). The Kier molecular flexibility index (Phi) is 4.77. The highest BCUT2D eigenvalue weighted by molar-refractivity contribution is 6.34. The number of benzene rings is 1. The van der Waals surface area contributed by atoms with Gasteiger partial charge in [0.15, 0.2) is 0 Å². The molecule has 0 bridgehead atoms. The Balaban J connectivity index is 2.22. The van der Waals surface area contributed by atoms with Gasteiger partial charge in [-0.3, -0.25) is 16.3 Å². The van der Waals surface area contributed by atoms with E-state index in [1.54, 1.807) is 12.3 Å². The van der Waals surface area contributed by atoms with Gasteiger partial charge in [-0.2, -0.15) is 0 Å². The number of rotatable bonds is 4. The first-order chi connectivity index (χ1) is 9.10. The molecule has 3 nitrogen and oxygen atoms in total.